The van der Waals surface area contributed by atoms with Crippen LogP contribution >= 0.6 is 0 Å². The van der Waals surface area contributed by atoms with Crippen molar-refractivity contribution in [2.24, 2.45) is 5.92 Å². The first-order chi connectivity index (χ1) is 9.58. The van der Waals surface area contributed by atoms with Crippen LogP contribution in [0.15, 0.2) is 0 Å². The van der Waals surface area contributed by atoms with Gasteiger partial charge in [-0.15, -0.1) is 0 Å². The third-order valence-corrected chi connectivity index (χ3v) is 5.58. The van der Waals surface area contributed by atoms with Crippen LogP contribution in [0.4, 0.5) is 11.8 Å². The SMILES string of the molecule is CC(C)(C)[SiH2]OC(C)(C)C1CNc2nc(N)nc(O)c2C1. The van der Waals surface area contributed by atoms with E-state index in [9.17, 15) is 5.11 Å². The van der Waals surface area contributed by atoms with Crippen LogP contribution in [0.2, 0.25) is 5.04 Å². The highest BCUT2D eigenvalue weighted by atomic mass is 28.2. The first-order valence-electron chi connectivity index (χ1n) is 7.32. The van der Waals surface area contributed by atoms with Crippen molar-refractivity contribution < 1.29 is 9.53 Å². The molecule has 0 saturated heterocycles. The number of hydrogen-bond donors (Lipinski definition) is 3. The second kappa shape index (κ2) is 5.45. The fourth-order valence-corrected chi connectivity index (χ4v) is 3.41. The molecule has 0 saturated carbocycles. The Labute approximate surface area is 128 Å². The Morgan fingerprint density at radius 3 is 2.57 bits per heavy atom. The van der Waals surface area contributed by atoms with Crippen molar-refractivity contribution in [1.82, 2.24) is 9.97 Å². The van der Waals surface area contributed by atoms with E-state index in [-0.39, 0.29) is 28.4 Å². The lowest BCUT2D eigenvalue weighted by molar-refractivity contribution is 0.0472. The molecule has 0 radical (unpaired) electrons. The van der Waals surface area contributed by atoms with Gasteiger partial charge in [0, 0.05) is 12.5 Å². The van der Waals surface area contributed by atoms with E-state index in [2.05, 4.69) is 49.9 Å². The van der Waals surface area contributed by atoms with Crippen LogP contribution in [-0.2, 0) is 10.8 Å². The summed E-state index contributed by atoms with van der Waals surface area (Å²) >= 11 is 0. The predicted molar refractivity (Wildman–Crippen MR) is 87.2 cm³/mol. The zero-order valence-electron chi connectivity index (χ0n) is 13.5. The van der Waals surface area contributed by atoms with Gasteiger partial charge in [-0.25, -0.2) is 0 Å². The molecule has 1 aliphatic rings. The lowest BCUT2D eigenvalue weighted by Crippen LogP contribution is -2.44. The number of fused-ring (bicyclic) bond motifs is 1. The Balaban J connectivity index is 2.13. The normalized spacial score (nSPS) is 19.6. The van der Waals surface area contributed by atoms with E-state index >= 15 is 0 Å². The quantitative estimate of drug-likeness (QED) is 0.732. The first-order valence-corrected chi connectivity index (χ1v) is 8.60. The van der Waals surface area contributed by atoms with Crippen molar-refractivity contribution in [3.05, 3.63) is 5.56 Å². The molecule has 1 aromatic heterocycles. The molecule has 1 unspecified atom stereocenters. The number of nitrogens with zero attached hydrogens (tertiary/aromatic N) is 2. The van der Waals surface area contributed by atoms with Gasteiger partial charge in [-0.1, -0.05) is 20.8 Å². The van der Waals surface area contributed by atoms with Crippen LogP contribution < -0.4 is 11.1 Å². The monoisotopic (exact) mass is 310 g/mol. The Bertz CT molecular complexity index is 528. The van der Waals surface area contributed by atoms with Crippen LogP contribution in [0, 0.1) is 5.92 Å². The van der Waals surface area contributed by atoms with Crippen LogP contribution in [0.25, 0.3) is 0 Å². The van der Waals surface area contributed by atoms with Crippen LogP contribution in [0.1, 0.15) is 40.2 Å². The summed E-state index contributed by atoms with van der Waals surface area (Å²) < 4.78 is 6.26. The third-order valence-electron chi connectivity index (χ3n) is 3.83. The second-order valence-electron chi connectivity index (χ2n) is 7.47. The van der Waals surface area contributed by atoms with E-state index in [1.54, 1.807) is 0 Å². The Kier molecular flexibility index (Phi) is 4.16. The van der Waals surface area contributed by atoms with E-state index in [1.165, 1.54) is 0 Å². The van der Waals surface area contributed by atoms with Gasteiger partial charge in [0.2, 0.25) is 11.8 Å². The van der Waals surface area contributed by atoms with Gasteiger partial charge in [0.15, 0.2) is 9.76 Å². The average Bonchev–Trinajstić information content (AvgIpc) is 2.35. The van der Waals surface area contributed by atoms with Crippen LogP contribution in [0.5, 0.6) is 5.88 Å². The summed E-state index contributed by atoms with van der Waals surface area (Å²) in [4.78, 5) is 7.98. The molecule has 0 aromatic carbocycles. The number of anilines is 2. The lowest BCUT2D eigenvalue weighted by atomic mass is 9.84. The maximum atomic E-state index is 9.98. The number of nitrogen functional groups attached to an aromatic ring is 1. The van der Waals surface area contributed by atoms with Gasteiger partial charge in [-0.2, -0.15) is 9.97 Å². The molecule has 7 heteroatoms. The van der Waals surface area contributed by atoms with Gasteiger partial charge in [-0.05, 0) is 25.3 Å². The van der Waals surface area contributed by atoms with E-state index in [0.717, 1.165) is 12.1 Å². The number of hydrogen-bond acceptors (Lipinski definition) is 6. The maximum absolute atomic E-state index is 9.98. The number of nitrogens with one attached hydrogen (secondary N) is 1. The van der Waals surface area contributed by atoms with E-state index in [0.29, 0.717) is 12.2 Å². The predicted octanol–water partition coefficient (Wildman–Crippen LogP) is 1.45. The highest BCUT2D eigenvalue weighted by Crippen LogP contribution is 2.36. The molecule has 1 aromatic rings. The summed E-state index contributed by atoms with van der Waals surface area (Å²) in [6, 6.07) is 0. The number of rotatable bonds is 3. The molecule has 2 rings (SSSR count). The summed E-state index contributed by atoms with van der Waals surface area (Å²) in [5, 5.41) is 13.5. The zero-order chi connectivity index (χ0) is 15.8. The molecule has 1 aliphatic heterocycles. The first kappa shape index (κ1) is 16.0. The van der Waals surface area contributed by atoms with Gasteiger partial charge < -0.3 is 20.6 Å². The highest BCUT2D eigenvalue weighted by molar-refractivity contribution is 6.31. The van der Waals surface area contributed by atoms with Gasteiger partial charge in [-0.3, -0.25) is 0 Å². The number of nitrogens with two attached hydrogens (primary N) is 1. The summed E-state index contributed by atoms with van der Waals surface area (Å²) in [6.07, 6.45) is 0.694. The fourth-order valence-electron chi connectivity index (χ4n) is 2.37. The zero-order valence-corrected chi connectivity index (χ0v) is 14.9. The number of aromatic nitrogens is 2. The van der Waals surface area contributed by atoms with Gasteiger partial charge in [0.05, 0.1) is 11.2 Å². The molecule has 0 spiro atoms. The fraction of sp³-hybridized carbons (Fsp3) is 0.714. The third kappa shape index (κ3) is 3.85. The topological polar surface area (TPSA) is 93.3 Å². The summed E-state index contributed by atoms with van der Waals surface area (Å²) in [7, 11) is -0.633. The van der Waals surface area contributed by atoms with Crippen molar-refractivity contribution in [3.8, 4) is 5.88 Å². The molecule has 4 N–H and O–H groups in total. The smallest absolute Gasteiger partial charge is 0.225 e. The Hall–Kier alpha value is -1.34. The standard InChI is InChI=1S/C14H26N4O2Si/c1-13(2,3)21-20-14(4,5)8-6-9-10(16-7-8)17-12(15)18-11(9)19/h8H,6-7,21H2,1-5H3,(H4,15,16,17,18,19). The minimum Gasteiger partial charge on any atom is -0.493 e. The minimum absolute atomic E-state index is 0.0291. The Morgan fingerprint density at radius 2 is 1.95 bits per heavy atom. The minimum atomic E-state index is -0.633. The van der Waals surface area contributed by atoms with Crippen LogP contribution in [0.3, 0.4) is 0 Å². The van der Waals surface area contributed by atoms with Gasteiger partial charge in [0.1, 0.15) is 5.82 Å². The molecule has 2 heterocycles. The molecule has 1 atom stereocenters. The Morgan fingerprint density at radius 1 is 1.29 bits per heavy atom. The van der Waals surface area contributed by atoms with Crippen molar-refractivity contribution >= 4 is 21.5 Å². The largest absolute Gasteiger partial charge is 0.493 e. The second-order valence-corrected chi connectivity index (χ2v) is 10.2. The number of aromatic hydroxyl groups is 1. The van der Waals surface area contributed by atoms with Crippen molar-refractivity contribution in [1.29, 1.82) is 0 Å². The van der Waals surface area contributed by atoms with E-state index < -0.39 is 9.76 Å². The molecule has 6 nitrogen and oxygen atoms in total. The van der Waals surface area contributed by atoms with E-state index in [1.807, 2.05) is 0 Å². The maximum Gasteiger partial charge on any atom is 0.225 e. The molecule has 0 aliphatic carbocycles. The summed E-state index contributed by atoms with van der Waals surface area (Å²) in [5.74, 6) is 0.963. The van der Waals surface area contributed by atoms with Crippen LogP contribution in [-0.4, -0.2) is 37.0 Å². The molecular formula is C14H26N4O2Si. The van der Waals surface area contributed by atoms with Crippen molar-refractivity contribution in [2.75, 3.05) is 17.6 Å². The molecule has 0 fully saturated rings. The molecule has 0 amide bonds. The molecule has 0 bridgehead atoms. The summed E-state index contributed by atoms with van der Waals surface area (Å²) in [6.45, 7) is 11.6. The summed E-state index contributed by atoms with van der Waals surface area (Å²) in [5.41, 5.74) is 6.05. The van der Waals surface area contributed by atoms with E-state index in [4.69, 9.17) is 10.2 Å². The van der Waals surface area contributed by atoms with Crippen molar-refractivity contribution in [3.63, 3.8) is 0 Å². The molecular weight excluding hydrogens is 284 g/mol. The average molecular weight is 310 g/mol. The molecule has 21 heavy (non-hydrogen) atoms. The van der Waals surface area contributed by atoms with Gasteiger partial charge >= 0.3 is 0 Å². The molecule has 118 valence electrons. The highest BCUT2D eigenvalue weighted by Gasteiger charge is 2.36. The lowest BCUT2D eigenvalue weighted by Gasteiger charge is -2.39. The van der Waals surface area contributed by atoms with Crippen molar-refractivity contribution in [2.45, 2.75) is 51.7 Å². The van der Waals surface area contributed by atoms with Gasteiger partial charge in [0.25, 0.3) is 0 Å².